The Morgan fingerprint density at radius 1 is 1.14 bits per heavy atom. The van der Waals surface area contributed by atoms with Crippen molar-refractivity contribution in [3.63, 3.8) is 0 Å². The number of ether oxygens (including phenoxy) is 1. The van der Waals surface area contributed by atoms with Crippen molar-refractivity contribution in [1.29, 1.82) is 0 Å². The van der Waals surface area contributed by atoms with Gasteiger partial charge in [-0.15, -0.1) is 0 Å². The summed E-state index contributed by atoms with van der Waals surface area (Å²) in [6, 6.07) is 19.1. The summed E-state index contributed by atoms with van der Waals surface area (Å²) in [5.74, 6) is 0. The molecule has 1 aliphatic heterocycles. The third kappa shape index (κ3) is 4.58. The molecule has 5 nitrogen and oxygen atoms in total. The van der Waals surface area contributed by atoms with E-state index < -0.39 is 6.10 Å². The Kier molecular flexibility index (Phi) is 5.94. The molecule has 1 saturated heterocycles. The summed E-state index contributed by atoms with van der Waals surface area (Å²) in [6.07, 6.45) is -0.955. The number of benzene rings is 2. The van der Waals surface area contributed by atoms with Gasteiger partial charge in [0, 0.05) is 6.54 Å². The van der Waals surface area contributed by atoms with Crippen molar-refractivity contribution in [1.82, 2.24) is 5.32 Å². The van der Waals surface area contributed by atoms with Crippen LogP contribution in [0.5, 0.6) is 0 Å². The number of hydrogen-bond donors (Lipinski definition) is 3. The van der Waals surface area contributed by atoms with E-state index in [0.717, 1.165) is 11.1 Å². The van der Waals surface area contributed by atoms with Gasteiger partial charge < -0.3 is 20.9 Å². The van der Waals surface area contributed by atoms with Gasteiger partial charge in [0.2, 0.25) is 0 Å². The first-order valence-corrected chi connectivity index (χ1v) is 7.13. The van der Waals surface area contributed by atoms with Crippen molar-refractivity contribution in [3.05, 3.63) is 71.8 Å². The molecule has 0 radical (unpaired) electrons. The van der Waals surface area contributed by atoms with E-state index in [1.807, 2.05) is 60.7 Å². The lowest BCUT2D eigenvalue weighted by atomic mass is 10.1. The predicted octanol–water partition coefficient (Wildman–Crippen LogP) is 2.15. The fourth-order valence-corrected chi connectivity index (χ4v) is 2.05. The summed E-state index contributed by atoms with van der Waals surface area (Å²) in [5, 5.41) is 11.8. The Morgan fingerprint density at radius 3 is 2.23 bits per heavy atom. The van der Waals surface area contributed by atoms with Crippen LogP contribution in [0.25, 0.3) is 0 Å². The molecular formula is C17H20N2O3. The molecule has 2 atom stereocenters. The monoisotopic (exact) mass is 300 g/mol. The van der Waals surface area contributed by atoms with Crippen molar-refractivity contribution in [2.24, 2.45) is 5.73 Å². The molecule has 4 N–H and O–H groups in total. The largest absolute Gasteiger partial charge is 0.439 e. The standard InChI is InChI=1S/C9H9NO2.C8H11NO/c11-9-10-6-8(12-9)7-4-2-1-3-5-7;9-6-8(10)7-4-2-1-3-5-7/h1-5,8H,6H2,(H,10,11);1-5,8,10H,6,9H2. The van der Waals surface area contributed by atoms with Crippen molar-refractivity contribution in [2.75, 3.05) is 13.1 Å². The normalized spacial score (nSPS) is 17.7. The second-order valence-electron chi connectivity index (χ2n) is 4.85. The van der Waals surface area contributed by atoms with Crippen LogP contribution in [0.4, 0.5) is 4.79 Å². The molecule has 22 heavy (non-hydrogen) atoms. The minimum absolute atomic E-state index is 0.112. The quantitative estimate of drug-likeness (QED) is 0.811. The number of nitrogens with one attached hydrogen (secondary N) is 1. The van der Waals surface area contributed by atoms with Crippen molar-refractivity contribution in [2.45, 2.75) is 12.2 Å². The average molecular weight is 300 g/mol. The first-order valence-electron chi connectivity index (χ1n) is 7.13. The van der Waals surface area contributed by atoms with E-state index in [0.29, 0.717) is 6.54 Å². The van der Waals surface area contributed by atoms with Gasteiger partial charge >= 0.3 is 6.09 Å². The second-order valence-corrected chi connectivity index (χ2v) is 4.85. The van der Waals surface area contributed by atoms with Gasteiger partial charge in [-0.25, -0.2) is 4.79 Å². The van der Waals surface area contributed by atoms with Gasteiger partial charge in [-0.3, -0.25) is 0 Å². The Morgan fingerprint density at radius 2 is 1.73 bits per heavy atom. The third-order valence-electron chi connectivity index (χ3n) is 3.26. The van der Waals surface area contributed by atoms with E-state index in [-0.39, 0.29) is 18.7 Å². The first-order chi connectivity index (χ1) is 10.7. The average Bonchev–Trinajstić information content (AvgIpc) is 3.03. The molecule has 2 aromatic carbocycles. The Bertz CT molecular complexity index is 575. The lowest BCUT2D eigenvalue weighted by Crippen LogP contribution is -2.12. The zero-order valence-corrected chi connectivity index (χ0v) is 12.2. The van der Waals surface area contributed by atoms with Crippen LogP contribution in [-0.4, -0.2) is 24.3 Å². The van der Waals surface area contributed by atoms with Gasteiger partial charge in [-0.2, -0.15) is 0 Å². The van der Waals surface area contributed by atoms with Gasteiger partial charge in [-0.1, -0.05) is 60.7 Å². The molecule has 116 valence electrons. The molecular weight excluding hydrogens is 280 g/mol. The highest BCUT2D eigenvalue weighted by atomic mass is 16.6. The maximum absolute atomic E-state index is 10.7. The van der Waals surface area contributed by atoms with Crippen LogP contribution < -0.4 is 11.1 Å². The lowest BCUT2D eigenvalue weighted by molar-refractivity contribution is 0.141. The molecule has 0 bridgehead atoms. The number of carbonyl (C=O) groups is 1. The molecule has 0 aromatic heterocycles. The molecule has 1 amide bonds. The predicted molar refractivity (Wildman–Crippen MR) is 84.1 cm³/mol. The first kappa shape index (κ1) is 16.0. The number of cyclic esters (lactones) is 1. The van der Waals surface area contributed by atoms with Crippen LogP contribution in [0.2, 0.25) is 0 Å². The maximum Gasteiger partial charge on any atom is 0.407 e. The molecule has 0 saturated carbocycles. The molecule has 1 fully saturated rings. The number of amides is 1. The summed E-state index contributed by atoms with van der Waals surface area (Å²) in [6.45, 7) is 0.854. The van der Waals surface area contributed by atoms with Gasteiger partial charge in [0.1, 0.15) is 6.10 Å². The van der Waals surface area contributed by atoms with Crippen molar-refractivity contribution >= 4 is 6.09 Å². The van der Waals surface area contributed by atoms with E-state index in [1.165, 1.54) is 0 Å². The van der Waals surface area contributed by atoms with Crippen molar-refractivity contribution < 1.29 is 14.6 Å². The van der Waals surface area contributed by atoms with Crippen LogP contribution >= 0.6 is 0 Å². The van der Waals surface area contributed by atoms with Gasteiger partial charge in [0.25, 0.3) is 0 Å². The highest BCUT2D eigenvalue weighted by Crippen LogP contribution is 2.19. The minimum atomic E-state index is -0.513. The highest BCUT2D eigenvalue weighted by molar-refractivity contribution is 5.69. The topological polar surface area (TPSA) is 84.6 Å². The minimum Gasteiger partial charge on any atom is -0.439 e. The maximum atomic E-state index is 10.7. The molecule has 2 aromatic rings. The van der Waals surface area contributed by atoms with Crippen LogP contribution in [-0.2, 0) is 4.74 Å². The van der Waals surface area contributed by atoms with Crippen LogP contribution in [0.1, 0.15) is 23.3 Å². The van der Waals surface area contributed by atoms with Crippen LogP contribution in [0, 0.1) is 0 Å². The van der Waals surface area contributed by atoms with Crippen LogP contribution in [0.3, 0.4) is 0 Å². The summed E-state index contributed by atoms with van der Waals surface area (Å²) >= 11 is 0. The Balaban J connectivity index is 0.000000164. The number of carbonyl (C=O) groups excluding carboxylic acids is 1. The van der Waals surface area contributed by atoms with E-state index in [4.69, 9.17) is 10.5 Å². The van der Waals surface area contributed by atoms with Crippen molar-refractivity contribution in [3.8, 4) is 0 Å². The molecule has 1 aliphatic rings. The number of rotatable bonds is 3. The second kappa shape index (κ2) is 8.17. The summed E-state index contributed by atoms with van der Waals surface area (Å²) in [5.41, 5.74) is 7.17. The lowest BCUT2D eigenvalue weighted by Gasteiger charge is -2.06. The smallest absolute Gasteiger partial charge is 0.407 e. The summed E-state index contributed by atoms with van der Waals surface area (Å²) in [4.78, 5) is 10.7. The zero-order valence-electron chi connectivity index (χ0n) is 12.2. The highest BCUT2D eigenvalue weighted by Gasteiger charge is 2.23. The summed E-state index contributed by atoms with van der Waals surface area (Å²) in [7, 11) is 0. The fourth-order valence-electron chi connectivity index (χ4n) is 2.05. The Labute approximate surface area is 129 Å². The fraction of sp³-hybridized carbons (Fsp3) is 0.235. The van der Waals surface area contributed by atoms with E-state index in [1.54, 1.807) is 0 Å². The number of aliphatic hydroxyl groups is 1. The molecule has 3 rings (SSSR count). The number of alkyl carbamates (subject to hydrolysis) is 1. The molecule has 2 unspecified atom stereocenters. The molecule has 0 aliphatic carbocycles. The zero-order chi connectivity index (χ0) is 15.8. The number of aliphatic hydroxyl groups excluding tert-OH is 1. The number of nitrogens with two attached hydrogens (primary N) is 1. The van der Waals surface area contributed by atoms with Gasteiger partial charge in [0.15, 0.2) is 0 Å². The Hall–Kier alpha value is -2.37. The van der Waals surface area contributed by atoms with Gasteiger partial charge in [0.05, 0.1) is 12.6 Å². The third-order valence-corrected chi connectivity index (χ3v) is 3.26. The summed E-state index contributed by atoms with van der Waals surface area (Å²) < 4.78 is 5.00. The van der Waals surface area contributed by atoms with E-state index in [9.17, 15) is 9.90 Å². The van der Waals surface area contributed by atoms with Crippen LogP contribution in [0.15, 0.2) is 60.7 Å². The van der Waals surface area contributed by atoms with E-state index in [2.05, 4.69) is 5.32 Å². The SMILES string of the molecule is NCC(O)c1ccccc1.O=C1NCC(c2ccccc2)O1. The molecule has 1 heterocycles. The van der Waals surface area contributed by atoms with E-state index >= 15 is 0 Å². The molecule has 0 spiro atoms. The van der Waals surface area contributed by atoms with Gasteiger partial charge in [-0.05, 0) is 11.1 Å². The number of hydrogen-bond acceptors (Lipinski definition) is 4. The molecule has 5 heteroatoms.